The van der Waals surface area contributed by atoms with Gasteiger partial charge in [-0.2, -0.15) is 0 Å². The van der Waals surface area contributed by atoms with Gasteiger partial charge in [-0.15, -0.1) is 0 Å². The lowest BCUT2D eigenvalue weighted by molar-refractivity contribution is -0.133. The van der Waals surface area contributed by atoms with Gasteiger partial charge in [-0.1, -0.05) is 18.9 Å². The van der Waals surface area contributed by atoms with Crippen molar-refractivity contribution in [1.29, 1.82) is 0 Å². The molecule has 3 aliphatic rings. The first kappa shape index (κ1) is 17.1. The van der Waals surface area contributed by atoms with E-state index >= 15 is 0 Å². The molecule has 0 spiro atoms. The lowest BCUT2D eigenvalue weighted by Gasteiger charge is -2.41. The fraction of sp³-hybridized carbons (Fsp3) is 0.526. The number of carbonyl (C=O) groups is 3. The minimum absolute atomic E-state index is 0.0247. The number of imide groups is 1. The first-order chi connectivity index (χ1) is 12.5. The van der Waals surface area contributed by atoms with E-state index in [-0.39, 0.29) is 54.1 Å². The summed E-state index contributed by atoms with van der Waals surface area (Å²) in [6, 6.07) is 4.64. The van der Waals surface area contributed by atoms with Gasteiger partial charge in [0.05, 0.1) is 5.69 Å². The minimum atomic E-state index is -0.571. The number of nitrogens with one attached hydrogen (secondary N) is 2. The molecule has 138 valence electrons. The number of amides is 3. The fourth-order valence-corrected chi connectivity index (χ4v) is 4.49. The number of carbonyl (C=O) groups excluding carboxylic acids is 3. The van der Waals surface area contributed by atoms with Gasteiger partial charge >= 0.3 is 0 Å². The summed E-state index contributed by atoms with van der Waals surface area (Å²) in [7, 11) is 0. The molecule has 0 bridgehead atoms. The number of hydrogen-bond donors (Lipinski definition) is 2. The van der Waals surface area contributed by atoms with E-state index in [1.54, 1.807) is 12.1 Å². The normalized spacial score (nSPS) is 28.9. The van der Waals surface area contributed by atoms with Crippen LogP contribution in [0.15, 0.2) is 18.2 Å². The molecule has 6 nitrogen and oxygen atoms in total. The van der Waals surface area contributed by atoms with E-state index in [1.165, 1.54) is 6.07 Å². The van der Waals surface area contributed by atoms with Gasteiger partial charge in [0.2, 0.25) is 17.7 Å². The van der Waals surface area contributed by atoms with Gasteiger partial charge in [0.15, 0.2) is 0 Å². The van der Waals surface area contributed by atoms with E-state index < -0.39 is 5.82 Å². The summed E-state index contributed by atoms with van der Waals surface area (Å²) >= 11 is 0. The second kappa shape index (κ2) is 6.79. The highest BCUT2D eigenvalue weighted by Crippen LogP contribution is 2.36. The number of rotatable bonds is 3. The van der Waals surface area contributed by atoms with E-state index in [2.05, 4.69) is 10.9 Å². The van der Waals surface area contributed by atoms with Crippen molar-refractivity contribution in [3.05, 3.63) is 29.6 Å². The van der Waals surface area contributed by atoms with E-state index in [9.17, 15) is 18.8 Å². The Labute approximate surface area is 151 Å². The van der Waals surface area contributed by atoms with Crippen LogP contribution < -0.4 is 15.8 Å². The Morgan fingerprint density at radius 3 is 2.58 bits per heavy atom. The molecular weight excluding hydrogens is 337 g/mol. The number of nitrogens with zero attached hydrogens (tertiary/aromatic N) is 1. The average molecular weight is 359 g/mol. The maximum absolute atomic E-state index is 14.2. The molecule has 1 saturated carbocycles. The Balaban J connectivity index is 1.57. The maximum Gasteiger partial charge on any atom is 0.237 e. The van der Waals surface area contributed by atoms with E-state index in [0.29, 0.717) is 6.42 Å². The lowest BCUT2D eigenvalue weighted by atomic mass is 9.72. The lowest BCUT2D eigenvalue weighted by Crippen LogP contribution is -2.60. The quantitative estimate of drug-likeness (QED) is 0.807. The summed E-state index contributed by atoms with van der Waals surface area (Å²) in [5.41, 5.74) is 6.74. The molecule has 2 heterocycles. The van der Waals surface area contributed by atoms with E-state index in [1.807, 2.05) is 0 Å². The first-order valence-corrected chi connectivity index (χ1v) is 9.24. The number of benzene rings is 1. The second-order valence-corrected chi connectivity index (χ2v) is 7.41. The van der Waals surface area contributed by atoms with Crippen molar-refractivity contribution in [2.45, 2.75) is 51.0 Å². The largest absolute Gasteiger partial charge is 0.291 e. The Morgan fingerprint density at radius 1 is 1.08 bits per heavy atom. The van der Waals surface area contributed by atoms with Gasteiger partial charge in [-0.05, 0) is 42.9 Å². The second-order valence-electron chi connectivity index (χ2n) is 7.41. The summed E-state index contributed by atoms with van der Waals surface area (Å²) in [5.74, 6) is -0.961. The summed E-state index contributed by atoms with van der Waals surface area (Å²) in [5, 5.41) is 0. The topological polar surface area (TPSA) is 78.5 Å². The average Bonchev–Trinajstić information content (AvgIpc) is 2.98. The molecule has 26 heavy (non-hydrogen) atoms. The van der Waals surface area contributed by atoms with Crippen molar-refractivity contribution in [2.24, 2.45) is 11.8 Å². The van der Waals surface area contributed by atoms with Crippen LogP contribution in [0, 0.1) is 17.7 Å². The molecule has 7 heteroatoms. The molecule has 3 unspecified atom stereocenters. The van der Waals surface area contributed by atoms with Crippen LogP contribution in [-0.2, 0) is 20.8 Å². The minimum Gasteiger partial charge on any atom is -0.291 e. The number of fused-ring (bicyclic) bond motifs is 1. The highest BCUT2D eigenvalue weighted by atomic mass is 19.1. The molecule has 2 aliphatic heterocycles. The molecule has 3 fully saturated rings. The van der Waals surface area contributed by atoms with Crippen LogP contribution in [0.25, 0.3) is 0 Å². The zero-order valence-corrected chi connectivity index (χ0v) is 14.5. The zero-order chi connectivity index (χ0) is 18.3. The van der Waals surface area contributed by atoms with Crippen molar-refractivity contribution < 1.29 is 18.8 Å². The molecule has 0 radical (unpaired) electrons. The number of hydrogen-bond acceptors (Lipinski definition) is 4. The van der Waals surface area contributed by atoms with Crippen LogP contribution >= 0.6 is 0 Å². The van der Waals surface area contributed by atoms with Gasteiger partial charge in [-0.25, -0.2) is 14.7 Å². The number of halogens is 1. The summed E-state index contributed by atoms with van der Waals surface area (Å²) in [4.78, 5) is 36.9. The van der Waals surface area contributed by atoms with Crippen LogP contribution in [0.2, 0.25) is 0 Å². The summed E-state index contributed by atoms with van der Waals surface area (Å²) < 4.78 is 14.2. The molecule has 3 amide bonds. The van der Waals surface area contributed by atoms with Crippen molar-refractivity contribution >= 4 is 23.4 Å². The third-order valence-electron chi connectivity index (χ3n) is 5.81. The molecule has 3 atom stereocenters. The van der Waals surface area contributed by atoms with Crippen LogP contribution in [0.5, 0.6) is 0 Å². The molecule has 1 aromatic carbocycles. The molecule has 1 aliphatic carbocycles. The van der Waals surface area contributed by atoms with Gasteiger partial charge < -0.3 is 0 Å². The Bertz CT molecular complexity index is 750. The van der Waals surface area contributed by atoms with Crippen molar-refractivity contribution in [1.82, 2.24) is 10.9 Å². The fourth-order valence-electron chi connectivity index (χ4n) is 4.49. The third-order valence-corrected chi connectivity index (χ3v) is 5.81. The highest BCUT2D eigenvalue weighted by Gasteiger charge is 2.40. The van der Waals surface area contributed by atoms with Crippen molar-refractivity contribution in [3.63, 3.8) is 0 Å². The molecule has 0 aromatic heterocycles. The zero-order valence-electron chi connectivity index (χ0n) is 14.5. The predicted molar refractivity (Wildman–Crippen MR) is 92.3 cm³/mol. The Kier molecular flexibility index (Phi) is 4.48. The first-order valence-electron chi connectivity index (χ1n) is 9.24. The van der Waals surface area contributed by atoms with Crippen LogP contribution in [0.3, 0.4) is 0 Å². The standard InChI is InChI=1S/C19H22FN3O3/c20-14-6-5-11(10-16(14)23-17(24)7-8-18(23)25)9-15-12-3-1-2-4-13(12)19(26)22-21-15/h5-6,10,12-13,15,21H,1-4,7-9H2,(H,22,26). The van der Waals surface area contributed by atoms with Gasteiger partial charge in [-0.3, -0.25) is 19.8 Å². The molecule has 2 N–H and O–H groups in total. The Hall–Kier alpha value is -2.28. The highest BCUT2D eigenvalue weighted by molar-refractivity contribution is 6.19. The number of hydrazine groups is 1. The van der Waals surface area contributed by atoms with E-state index in [4.69, 9.17) is 0 Å². The van der Waals surface area contributed by atoms with Gasteiger partial charge in [0.25, 0.3) is 0 Å². The SMILES string of the molecule is O=C1NNC(Cc2ccc(F)c(N3C(=O)CCC3=O)c2)C2CCCCC12. The summed E-state index contributed by atoms with van der Waals surface area (Å²) in [6.45, 7) is 0. The maximum atomic E-state index is 14.2. The molecule has 2 saturated heterocycles. The van der Waals surface area contributed by atoms with E-state index in [0.717, 1.165) is 36.1 Å². The molecule has 4 rings (SSSR count). The van der Waals surface area contributed by atoms with Crippen molar-refractivity contribution in [2.75, 3.05) is 4.90 Å². The smallest absolute Gasteiger partial charge is 0.237 e. The third kappa shape index (κ3) is 3.00. The van der Waals surface area contributed by atoms with Crippen LogP contribution in [0.1, 0.15) is 44.1 Å². The molecule has 1 aromatic rings. The monoisotopic (exact) mass is 359 g/mol. The van der Waals surface area contributed by atoms with Crippen LogP contribution in [0.4, 0.5) is 10.1 Å². The van der Waals surface area contributed by atoms with Gasteiger partial charge in [0, 0.05) is 24.8 Å². The van der Waals surface area contributed by atoms with Crippen LogP contribution in [-0.4, -0.2) is 23.8 Å². The number of anilines is 1. The van der Waals surface area contributed by atoms with Crippen molar-refractivity contribution in [3.8, 4) is 0 Å². The summed E-state index contributed by atoms with van der Waals surface area (Å²) in [6.07, 6.45) is 4.93. The van der Waals surface area contributed by atoms with Gasteiger partial charge in [0.1, 0.15) is 5.82 Å². The molecular formula is C19H22FN3O3. The Morgan fingerprint density at radius 2 is 1.81 bits per heavy atom. The predicted octanol–water partition coefficient (Wildman–Crippen LogP) is 1.83.